The van der Waals surface area contributed by atoms with Gasteiger partial charge in [0.1, 0.15) is 0 Å². The van der Waals surface area contributed by atoms with Crippen LogP contribution in [-0.2, 0) is 4.79 Å². The maximum atomic E-state index is 12.5. The fourth-order valence-corrected chi connectivity index (χ4v) is 2.74. The number of benzene rings is 1. The molecule has 0 bridgehead atoms. The monoisotopic (exact) mass is 304 g/mol. The van der Waals surface area contributed by atoms with Gasteiger partial charge in [-0.2, -0.15) is 0 Å². The van der Waals surface area contributed by atoms with E-state index in [0.717, 1.165) is 50.0 Å². The second kappa shape index (κ2) is 9.50. The molecule has 0 spiro atoms. The molecule has 1 atom stereocenters. The highest BCUT2D eigenvalue weighted by atomic mass is 16.1. The van der Waals surface area contributed by atoms with Gasteiger partial charge in [-0.15, -0.1) is 0 Å². The van der Waals surface area contributed by atoms with Crippen LogP contribution in [0.1, 0.15) is 58.9 Å². The van der Waals surface area contributed by atoms with Crippen molar-refractivity contribution in [3.63, 3.8) is 0 Å². The van der Waals surface area contributed by atoms with Gasteiger partial charge < -0.3 is 10.2 Å². The van der Waals surface area contributed by atoms with Crippen molar-refractivity contribution in [2.75, 3.05) is 23.3 Å². The summed E-state index contributed by atoms with van der Waals surface area (Å²) in [5.74, 6) is 0.284. The maximum Gasteiger partial charge on any atom is 0.227 e. The van der Waals surface area contributed by atoms with Crippen molar-refractivity contribution in [3.05, 3.63) is 23.8 Å². The van der Waals surface area contributed by atoms with E-state index in [9.17, 15) is 4.79 Å². The Hall–Kier alpha value is -1.51. The Bertz CT molecular complexity index is 467. The maximum absolute atomic E-state index is 12.5. The minimum absolute atomic E-state index is 0.122. The number of aryl methyl sites for hydroxylation is 1. The topological polar surface area (TPSA) is 32.3 Å². The van der Waals surface area contributed by atoms with Crippen molar-refractivity contribution in [1.29, 1.82) is 0 Å². The van der Waals surface area contributed by atoms with Crippen LogP contribution in [0.4, 0.5) is 11.4 Å². The van der Waals surface area contributed by atoms with Crippen molar-refractivity contribution < 1.29 is 4.79 Å². The first kappa shape index (κ1) is 18.5. The van der Waals surface area contributed by atoms with Crippen LogP contribution in [0, 0.1) is 12.8 Å². The van der Waals surface area contributed by atoms with Gasteiger partial charge >= 0.3 is 0 Å². The van der Waals surface area contributed by atoms with Gasteiger partial charge in [0.25, 0.3) is 0 Å². The van der Waals surface area contributed by atoms with Crippen LogP contribution in [0.15, 0.2) is 18.2 Å². The van der Waals surface area contributed by atoms with E-state index < -0.39 is 0 Å². The van der Waals surface area contributed by atoms with E-state index in [1.165, 1.54) is 5.69 Å². The molecule has 0 aliphatic carbocycles. The normalized spacial score (nSPS) is 12.0. The van der Waals surface area contributed by atoms with Crippen LogP contribution in [0.25, 0.3) is 0 Å². The summed E-state index contributed by atoms with van der Waals surface area (Å²) in [7, 11) is 0. The lowest BCUT2D eigenvalue weighted by Gasteiger charge is -2.23. The van der Waals surface area contributed by atoms with Crippen molar-refractivity contribution in [2.24, 2.45) is 5.92 Å². The summed E-state index contributed by atoms with van der Waals surface area (Å²) in [6.07, 6.45) is 4.14. The summed E-state index contributed by atoms with van der Waals surface area (Å²) in [4.78, 5) is 14.8. The Morgan fingerprint density at radius 3 is 2.41 bits per heavy atom. The Balaban J connectivity index is 2.87. The predicted octanol–water partition coefficient (Wildman–Crippen LogP) is 5.00. The van der Waals surface area contributed by atoms with Crippen molar-refractivity contribution >= 4 is 17.3 Å². The Morgan fingerprint density at radius 1 is 1.18 bits per heavy atom. The highest BCUT2D eigenvalue weighted by Crippen LogP contribution is 2.25. The van der Waals surface area contributed by atoms with Crippen molar-refractivity contribution in [2.45, 2.75) is 60.3 Å². The third kappa shape index (κ3) is 5.04. The number of hydrogen-bond acceptors (Lipinski definition) is 2. The molecule has 1 rings (SSSR count). The molecule has 1 aromatic carbocycles. The summed E-state index contributed by atoms with van der Waals surface area (Å²) in [6, 6.07) is 6.33. The highest BCUT2D eigenvalue weighted by Gasteiger charge is 2.17. The lowest BCUT2D eigenvalue weighted by atomic mass is 9.98. The fourth-order valence-electron chi connectivity index (χ4n) is 2.74. The zero-order chi connectivity index (χ0) is 16.5. The number of nitrogens with zero attached hydrogens (tertiary/aromatic N) is 1. The van der Waals surface area contributed by atoms with Gasteiger partial charge in [-0.1, -0.05) is 32.8 Å². The molecule has 0 aromatic heterocycles. The number of carbonyl (C=O) groups is 1. The Labute approximate surface area is 136 Å². The average Bonchev–Trinajstić information content (AvgIpc) is 2.52. The van der Waals surface area contributed by atoms with E-state index in [2.05, 4.69) is 63.0 Å². The zero-order valence-corrected chi connectivity index (χ0v) is 14.9. The predicted molar refractivity (Wildman–Crippen MR) is 96.7 cm³/mol. The number of hydrogen-bond donors (Lipinski definition) is 1. The van der Waals surface area contributed by atoms with E-state index in [4.69, 9.17) is 0 Å². The van der Waals surface area contributed by atoms with Gasteiger partial charge in [0.15, 0.2) is 0 Å². The van der Waals surface area contributed by atoms with Gasteiger partial charge in [-0.3, -0.25) is 4.79 Å². The Morgan fingerprint density at radius 2 is 1.86 bits per heavy atom. The second-order valence-corrected chi connectivity index (χ2v) is 5.91. The Kier molecular flexibility index (Phi) is 8.00. The molecule has 0 aliphatic heterocycles. The first-order valence-corrected chi connectivity index (χ1v) is 8.73. The second-order valence-electron chi connectivity index (χ2n) is 5.91. The van der Waals surface area contributed by atoms with Crippen LogP contribution in [0.5, 0.6) is 0 Å². The van der Waals surface area contributed by atoms with E-state index in [0.29, 0.717) is 0 Å². The van der Waals surface area contributed by atoms with Crippen molar-refractivity contribution in [3.8, 4) is 0 Å². The standard InChI is InChI=1S/C19H32N2O/c1-6-10-11-16(7-2)19(22)20-18-14-17(13-12-15(18)5)21(8-3)9-4/h12-14,16H,6-11H2,1-5H3,(H,20,22). The largest absolute Gasteiger partial charge is 0.372 e. The lowest BCUT2D eigenvalue weighted by molar-refractivity contribution is -0.120. The number of anilines is 2. The number of unbranched alkanes of at least 4 members (excludes halogenated alkanes) is 1. The van der Waals surface area contributed by atoms with E-state index in [1.807, 2.05) is 0 Å². The smallest absolute Gasteiger partial charge is 0.227 e. The number of carbonyl (C=O) groups excluding carboxylic acids is 1. The average molecular weight is 304 g/mol. The number of nitrogens with one attached hydrogen (secondary N) is 1. The van der Waals surface area contributed by atoms with E-state index in [-0.39, 0.29) is 11.8 Å². The molecule has 124 valence electrons. The van der Waals surface area contributed by atoms with E-state index >= 15 is 0 Å². The van der Waals surface area contributed by atoms with Gasteiger partial charge in [0, 0.05) is 30.4 Å². The first-order valence-electron chi connectivity index (χ1n) is 8.73. The van der Waals surface area contributed by atoms with Crippen LogP contribution in [0.2, 0.25) is 0 Å². The molecule has 3 heteroatoms. The SMILES string of the molecule is CCCCC(CC)C(=O)Nc1cc(N(CC)CC)ccc1C. The van der Waals surface area contributed by atoms with Crippen LogP contribution >= 0.6 is 0 Å². The summed E-state index contributed by atoms with van der Waals surface area (Å²) in [6.45, 7) is 12.6. The molecule has 1 amide bonds. The minimum Gasteiger partial charge on any atom is -0.372 e. The molecule has 0 heterocycles. The molecule has 22 heavy (non-hydrogen) atoms. The van der Waals surface area contributed by atoms with Crippen LogP contribution in [-0.4, -0.2) is 19.0 Å². The van der Waals surface area contributed by atoms with Crippen LogP contribution < -0.4 is 10.2 Å². The van der Waals surface area contributed by atoms with E-state index in [1.54, 1.807) is 0 Å². The molecule has 0 saturated carbocycles. The summed E-state index contributed by atoms with van der Waals surface area (Å²) in [5.41, 5.74) is 3.24. The number of amides is 1. The zero-order valence-electron chi connectivity index (χ0n) is 14.9. The third-order valence-corrected chi connectivity index (χ3v) is 4.38. The molecule has 1 aromatic rings. The van der Waals surface area contributed by atoms with Crippen LogP contribution in [0.3, 0.4) is 0 Å². The molecule has 0 radical (unpaired) electrons. The molecule has 0 saturated heterocycles. The first-order chi connectivity index (χ1) is 10.6. The van der Waals surface area contributed by atoms with Gasteiger partial charge in [-0.05, 0) is 51.3 Å². The molecular formula is C19H32N2O. The third-order valence-electron chi connectivity index (χ3n) is 4.38. The molecule has 1 unspecified atom stereocenters. The number of rotatable bonds is 9. The molecule has 0 aliphatic rings. The summed E-state index contributed by atoms with van der Waals surface area (Å²) < 4.78 is 0. The van der Waals surface area contributed by atoms with Gasteiger partial charge in [0.2, 0.25) is 5.91 Å². The molecule has 0 fully saturated rings. The minimum atomic E-state index is 0.122. The van der Waals surface area contributed by atoms with Gasteiger partial charge in [-0.25, -0.2) is 0 Å². The molecule has 1 N–H and O–H groups in total. The summed E-state index contributed by atoms with van der Waals surface area (Å²) in [5, 5.41) is 3.15. The highest BCUT2D eigenvalue weighted by molar-refractivity contribution is 5.93. The lowest BCUT2D eigenvalue weighted by Crippen LogP contribution is -2.24. The van der Waals surface area contributed by atoms with Gasteiger partial charge in [0.05, 0.1) is 0 Å². The summed E-state index contributed by atoms with van der Waals surface area (Å²) >= 11 is 0. The molecular weight excluding hydrogens is 272 g/mol. The van der Waals surface area contributed by atoms with Crippen molar-refractivity contribution in [1.82, 2.24) is 0 Å². The fraction of sp³-hybridized carbons (Fsp3) is 0.632. The molecule has 3 nitrogen and oxygen atoms in total. The quantitative estimate of drug-likeness (QED) is 0.696.